The fourth-order valence-corrected chi connectivity index (χ4v) is 4.90. The quantitative estimate of drug-likeness (QED) is 0.815. The molecule has 2 heterocycles. The predicted molar refractivity (Wildman–Crippen MR) is 109 cm³/mol. The van der Waals surface area contributed by atoms with Gasteiger partial charge in [0, 0.05) is 27.2 Å². The third-order valence-electron chi connectivity index (χ3n) is 5.86. The Morgan fingerprint density at radius 3 is 2.11 bits per heavy atom. The van der Waals surface area contributed by atoms with Gasteiger partial charge in [-0.1, -0.05) is 12.1 Å². The molecule has 6 nitrogen and oxygen atoms in total. The number of nitrogens with one attached hydrogen (secondary N) is 1. The molecule has 3 rings (SSSR count). The number of benzene rings is 1. The second-order valence-corrected chi connectivity index (χ2v) is 9.81. The largest absolute Gasteiger partial charge is 0.342 e. The SMILES string of the molecule is CC(C(=O)N1CC[C@@H]2CNC[C@@H]2CC1)c1ccc(S(=O)(=O)N(C)C)cc1.Cl. The molecule has 0 radical (unpaired) electrons. The molecule has 0 saturated carbocycles. The van der Waals surface area contributed by atoms with Crippen LogP contribution in [0.15, 0.2) is 29.2 Å². The molecule has 1 aromatic rings. The van der Waals surface area contributed by atoms with E-state index in [0.29, 0.717) is 11.8 Å². The van der Waals surface area contributed by atoms with E-state index in [4.69, 9.17) is 0 Å². The molecule has 2 aliphatic rings. The predicted octanol–water partition coefficient (Wildman–Crippen LogP) is 1.92. The summed E-state index contributed by atoms with van der Waals surface area (Å²) in [4.78, 5) is 15.2. The van der Waals surface area contributed by atoms with Crippen LogP contribution in [0.1, 0.15) is 31.2 Å². The van der Waals surface area contributed by atoms with Gasteiger partial charge >= 0.3 is 0 Å². The van der Waals surface area contributed by atoms with Crippen molar-refractivity contribution in [3.05, 3.63) is 29.8 Å². The Morgan fingerprint density at radius 2 is 1.63 bits per heavy atom. The first-order chi connectivity index (χ1) is 12.3. The van der Waals surface area contributed by atoms with Gasteiger partial charge in [0.25, 0.3) is 0 Å². The lowest BCUT2D eigenvalue weighted by Gasteiger charge is -2.25. The Kier molecular flexibility index (Phi) is 7.30. The van der Waals surface area contributed by atoms with E-state index in [0.717, 1.165) is 44.6 Å². The molecule has 0 aliphatic carbocycles. The summed E-state index contributed by atoms with van der Waals surface area (Å²) in [6, 6.07) is 6.70. The maximum Gasteiger partial charge on any atom is 0.242 e. The zero-order valence-corrected chi connectivity index (χ0v) is 17.9. The van der Waals surface area contributed by atoms with Crippen molar-refractivity contribution >= 4 is 28.3 Å². The normalized spacial score (nSPS) is 24.1. The number of hydrogen-bond acceptors (Lipinski definition) is 4. The molecule has 0 aromatic heterocycles. The van der Waals surface area contributed by atoms with Crippen LogP contribution in [0.4, 0.5) is 0 Å². The van der Waals surface area contributed by atoms with Crippen molar-refractivity contribution < 1.29 is 13.2 Å². The van der Waals surface area contributed by atoms with Crippen LogP contribution in [0.3, 0.4) is 0 Å². The molecule has 27 heavy (non-hydrogen) atoms. The Hall–Kier alpha value is -1.15. The van der Waals surface area contributed by atoms with Crippen LogP contribution in [0.5, 0.6) is 0 Å². The standard InChI is InChI=1S/C19H29N3O3S.ClH/c1-14(15-4-6-18(7-5-15)26(24,25)21(2)3)19(23)22-10-8-16-12-20-13-17(16)9-11-22;/h4-7,14,16-17,20H,8-13H2,1-3H3;1H/t14?,16-,17+;. The maximum absolute atomic E-state index is 12.9. The molecule has 2 fully saturated rings. The van der Waals surface area contributed by atoms with E-state index in [-0.39, 0.29) is 29.1 Å². The van der Waals surface area contributed by atoms with Gasteiger partial charge in [-0.3, -0.25) is 4.79 Å². The number of rotatable bonds is 4. The molecule has 152 valence electrons. The van der Waals surface area contributed by atoms with Crippen LogP contribution in [0.25, 0.3) is 0 Å². The molecular weight excluding hydrogens is 386 g/mol. The first-order valence-corrected chi connectivity index (χ1v) is 10.8. The third kappa shape index (κ3) is 4.65. The molecule has 3 atom stereocenters. The minimum Gasteiger partial charge on any atom is -0.342 e. The van der Waals surface area contributed by atoms with Gasteiger partial charge < -0.3 is 10.2 Å². The van der Waals surface area contributed by atoms with Crippen molar-refractivity contribution in [2.45, 2.75) is 30.6 Å². The van der Waals surface area contributed by atoms with Crippen LogP contribution in [-0.4, -0.2) is 63.8 Å². The number of amides is 1. The highest BCUT2D eigenvalue weighted by molar-refractivity contribution is 7.89. The first kappa shape index (κ1) is 22.1. The molecule has 2 saturated heterocycles. The monoisotopic (exact) mass is 415 g/mol. The zero-order chi connectivity index (χ0) is 18.9. The summed E-state index contributed by atoms with van der Waals surface area (Å²) >= 11 is 0. The summed E-state index contributed by atoms with van der Waals surface area (Å²) in [5.41, 5.74) is 0.860. The summed E-state index contributed by atoms with van der Waals surface area (Å²) in [5, 5.41) is 3.45. The Morgan fingerprint density at radius 1 is 1.11 bits per heavy atom. The lowest BCUT2D eigenvalue weighted by molar-refractivity contribution is -0.132. The molecule has 1 unspecified atom stereocenters. The average Bonchev–Trinajstić information content (AvgIpc) is 2.99. The van der Waals surface area contributed by atoms with E-state index >= 15 is 0 Å². The van der Waals surface area contributed by atoms with Gasteiger partial charge in [0.1, 0.15) is 0 Å². The van der Waals surface area contributed by atoms with Gasteiger partial charge in [0.05, 0.1) is 10.8 Å². The Balaban J connectivity index is 0.00000261. The minimum absolute atomic E-state index is 0. The lowest BCUT2D eigenvalue weighted by atomic mass is 9.92. The molecule has 2 aliphatic heterocycles. The first-order valence-electron chi connectivity index (χ1n) is 9.32. The van der Waals surface area contributed by atoms with Gasteiger partial charge in [-0.05, 0) is 62.4 Å². The van der Waals surface area contributed by atoms with E-state index in [1.807, 2.05) is 11.8 Å². The highest BCUT2D eigenvalue weighted by Crippen LogP contribution is 2.29. The Labute approximate surface area is 168 Å². The number of nitrogens with zero attached hydrogens (tertiary/aromatic N) is 2. The molecular formula is C19H30ClN3O3S. The second-order valence-electron chi connectivity index (χ2n) is 7.66. The van der Waals surface area contributed by atoms with Crippen molar-refractivity contribution in [2.24, 2.45) is 11.8 Å². The van der Waals surface area contributed by atoms with E-state index in [1.54, 1.807) is 24.3 Å². The number of hydrogen-bond donors (Lipinski definition) is 1. The van der Waals surface area contributed by atoms with Gasteiger partial charge in [0.15, 0.2) is 0 Å². The van der Waals surface area contributed by atoms with Gasteiger partial charge in [-0.15, -0.1) is 12.4 Å². The van der Waals surface area contributed by atoms with Crippen molar-refractivity contribution in [3.8, 4) is 0 Å². The van der Waals surface area contributed by atoms with Gasteiger partial charge in [-0.25, -0.2) is 12.7 Å². The number of fused-ring (bicyclic) bond motifs is 1. The smallest absolute Gasteiger partial charge is 0.242 e. The van der Waals surface area contributed by atoms with Gasteiger partial charge in [-0.2, -0.15) is 0 Å². The van der Waals surface area contributed by atoms with Crippen LogP contribution in [0, 0.1) is 11.8 Å². The summed E-state index contributed by atoms with van der Waals surface area (Å²) in [5.74, 6) is 1.26. The Bertz CT molecular complexity index is 738. The molecule has 1 aromatic carbocycles. The third-order valence-corrected chi connectivity index (χ3v) is 7.69. The van der Waals surface area contributed by atoms with Crippen molar-refractivity contribution in [1.29, 1.82) is 0 Å². The van der Waals surface area contributed by atoms with Crippen molar-refractivity contribution in [3.63, 3.8) is 0 Å². The minimum atomic E-state index is -3.44. The summed E-state index contributed by atoms with van der Waals surface area (Å²) in [6.45, 7) is 5.69. The fraction of sp³-hybridized carbons (Fsp3) is 0.632. The number of sulfonamides is 1. The van der Waals surface area contributed by atoms with Crippen LogP contribution in [-0.2, 0) is 14.8 Å². The molecule has 8 heteroatoms. The molecule has 0 bridgehead atoms. The van der Waals surface area contributed by atoms with Crippen LogP contribution >= 0.6 is 12.4 Å². The maximum atomic E-state index is 12.9. The average molecular weight is 416 g/mol. The lowest BCUT2D eigenvalue weighted by Crippen LogP contribution is -2.35. The highest BCUT2D eigenvalue weighted by atomic mass is 35.5. The van der Waals surface area contributed by atoms with E-state index in [1.165, 1.54) is 18.4 Å². The molecule has 1 N–H and O–H groups in total. The number of likely N-dealkylation sites (tertiary alicyclic amines) is 1. The van der Waals surface area contributed by atoms with E-state index in [9.17, 15) is 13.2 Å². The topological polar surface area (TPSA) is 69.7 Å². The number of halogens is 1. The van der Waals surface area contributed by atoms with Gasteiger partial charge in [0.2, 0.25) is 15.9 Å². The van der Waals surface area contributed by atoms with Crippen LogP contribution in [0.2, 0.25) is 0 Å². The fourth-order valence-electron chi connectivity index (χ4n) is 3.99. The summed E-state index contributed by atoms with van der Waals surface area (Å²) in [7, 11) is -0.415. The second kappa shape index (κ2) is 8.90. The number of carbonyl (C=O) groups excluding carboxylic acids is 1. The molecule has 0 spiro atoms. The van der Waals surface area contributed by atoms with Crippen molar-refractivity contribution in [2.75, 3.05) is 40.3 Å². The highest BCUT2D eigenvalue weighted by Gasteiger charge is 2.32. The van der Waals surface area contributed by atoms with E-state index < -0.39 is 10.0 Å². The van der Waals surface area contributed by atoms with E-state index in [2.05, 4.69) is 5.32 Å². The zero-order valence-electron chi connectivity index (χ0n) is 16.2. The summed E-state index contributed by atoms with van der Waals surface area (Å²) in [6.07, 6.45) is 2.13. The summed E-state index contributed by atoms with van der Waals surface area (Å²) < 4.78 is 25.5. The van der Waals surface area contributed by atoms with Crippen molar-refractivity contribution in [1.82, 2.24) is 14.5 Å². The van der Waals surface area contributed by atoms with Crippen LogP contribution < -0.4 is 5.32 Å². The number of carbonyl (C=O) groups is 1. The molecule has 1 amide bonds.